The molecular formula is C18H24FIN4OS. The van der Waals surface area contributed by atoms with Crippen LogP contribution in [0.4, 0.5) is 10.1 Å². The van der Waals surface area contributed by atoms with Gasteiger partial charge < -0.3 is 16.0 Å². The second-order valence-corrected chi connectivity index (χ2v) is 7.12. The van der Waals surface area contributed by atoms with Crippen molar-refractivity contribution in [3.8, 4) is 0 Å². The molecule has 2 aromatic rings. The summed E-state index contributed by atoms with van der Waals surface area (Å²) in [7, 11) is 1.65. The maximum absolute atomic E-state index is 13.1. The number of nitrogens with one attached hydrogen (secondary N) is 3. The van der Waals surface area contributed by atoms with Crippen LogP contribution in [-0.2, 0) is 11.2 Å². The lowest BCUT2D eigenvalue weighted by Crippen LogP contribution is -2.45. The molecule has 1 amide bonds. The molecule has 0 fully saturated rings. The Morgan fingerprint density at radius 1 is 1.31 bits per heavy atom. The molecule has 0 bridgehead atoms. The van der Waals surface area contributed by atoms with Crippen LogP contribution < -0.4 is 16.0 Å². The molecule has 3 N–H and O–H groups in total. The van der Waals surface area contributed by atoms with E-state index in [1.807, 2.05) is 0 Å². The van der Waals surface area contributed by atoms with Gasteiger partial charge in [0.1, 0.15) is 5.82 Å². The molecule has 2 rings (SSSR count). The number of hydrogen-bond donors (Lipinski definition) is 3. The van der Waals surface area contributed by atoms with E-state index in [0.717, 1.165) is 6.42 Å². The third kappa shape index (κ3) is 7.69. The van der Waals surface area contributed by atoms with E-state index in [4.69, 9.17) is 0 Å². The van der Waals surface area contributed by atoms with E-state index in [-0.39, 0.29) is 48.3 Å². The molecule has 8 heteroatoms. The summed E-state index contributed by atoms with van der Waals surface area (Å²) in [5.74, 6) is -0.105. The van der Waals surface area contributed by atoms with Crippen molar-refractivity contribution in [2.75, 3.05) is 18.9 Å². The fourth-order valence-electron chi connectivity index (χ4n) is 2.31. The minimum atomic E-state index is -0.388. The normalized spacial score (nSPS) is 12.1. The molecule has 142 valence electrons. The SMILES string of the molecule is CN=C(NCC(=O)Nc1cccc(F)c1)NC(C)Cc1ccc(C)s1.I. The Labute approximate surface area is 174 Å². The number of aliphatic imine (C=N–C) groups is 1. The zero-order chi connectivity index (χ0) is 18.2. The van der Waals surface area contributed by atoms with Gasteiger partial charge in [0.2, 0.25) is 5.91 Å². The van der Waals surface area contributed by atoms with E-state index in [2.05, 4.69) is 46.9 Å². The number of rotatable bonds is 6. The number of hydrogen-bond acceptors (Lipinski definition) is 3. The molecule has 0 aliphatic heterocycles. The van der Waals surface area contributed by atoms with E-state index < -0.39 is 0 Å². The summed E-state index contributed by atoms with van der Waals surface area (Å²) >= 11 is 1.78. The summed E-state index contributed by atoms with van der Waals surface area (Å²) in [5, 5.41) is 8.86. The van der Waals surface area contributed by atoms with Crippen molar-refractivity contribution in [1.82, 2.24) is 10.6 Å². The lowest BCUT2D eigenvalue weighted by atomic mass is 10.2. The average molecular weight is 490 g/mol. The van der Waals surface area contributed by atoms with Crippen molar-refractivity contribution in [3.05, 3.63) is 52.0 Å². The van der Waals surface area contributed by atoms with Crippen molar-refractivity contribution < 1.29 is 9.18 Å². The summed E-state index contributed by atoms with van der Waals surface area (Å²) < 4.78 is 13.1. The second-order valence-electron chi connectivity index (χ2n) is 5.75. The van der Waals surface area contributed by atoms with Gasteiger partial charge >= 0.3 is 0 Å². The van der Waals surface area contributed by atoms with Gasteiger partial charge in [0, 0.05) is 35.0 Å². The zero-order valence-corrected chi connectivity index (χ0v) is 18.2. The number of anilines is 1. The molecular weight excluding hydrogens is 466 g/mol. The smallest absolute Gasteiger partial charge is 0.243 e. The summed E-state index contributed by atoms with van der Waals surface area (Å²) in [6.07, 6.45) is 0.884. The van der Waals surface area contributed by atoms with Crippen LogP contribution in [-0.4, -0.2) is 31.5 Å². The van der Waals surface area contributed by atoms with E-state index in [1.54, 1.807) is 30.5 Å². The fraction of sp³-hybridized carbons (Fsp3) is 0.333. The number of benzene rings is 1. The van der Waals surface area contributed by atoms with Gasteiger partial charge in [0.25, 0.3) is 0 Å². The first-order valence-corrected chi connectivity index (χ1v) is 8.86. The van der Waals surface area contributed by atoms with Crippen molar-refractivity contribution in [2.45, 2.75) is 26.3 Å². The molecule has 0 spiro atoms. The van der Waals surface area contributed by atoms with E-state index in [9.17, 15) is 9.18 Å². The van der Waals surface area contributed by atoms with Crippen molar-refractivity contribution in [3.63, 3.8) is 0 Å². The van der Waals surface area contributed by atoms with Crippen LogP contribution in [0, 0.1) is 12.7 Å². The van der Waals surface area contributed by atoms with Crippen LogP contribution in [0.3, 0.4) is 0 Å². The highest BCUT2D eigenvalue weighted by molar-refractivity contribution is 14.0. The van der Waals surface area contributed by atoms with Gasteiger partial charge in [-0.15, -0.1) is 35.3 Å². The molecule has 0 saturated carbocycles. The standard InChI is InChI=1S/C18H23FN4OS.HI/c1-12(9-16-8-7-13(2)25-16)22-18(20-3)21-11-17(24)23-15-6-4-5-14(19)10-15;/h4-8,10,12H,9,11H2,1-3H3,(H,23,24)(H2,20,21,22);1H. The molecule has 1 unspecified atom stereocenters. The quantitative estimate of drug-likeness (QED) is 0.330. The Morgan fingerprint density at radius 2 is 2.08 bits per heavy atom. The highest BCUT2D eigenvalue weighted by atomic mass is 127. The summed E-state index contributed by atoms with van der Waals surface area (Å²) in [6, 6.07) is 10.2. The first-order chi connectivity index (χ1) is 12.0. The van der Waals surface area contributed by atoms with Crippen LogP contribution in [0.25, 0.3) is 0 Å². The maximum Gasteiger partial charge on any atom is 0.243 e. The van der Waals surface area contributed by atoms with Crippen LogP contribution in [0.5, 0.6) is 0 Å². The van der Waals surface area contributed by atoms with Crippen LogP contribution in [0.1, 0.15) is 16.7 Å². The third-order valence-electron chi connectivity index (χ3n) is 3.43. The van der Waals surface area contributed by atoms with Gasteiger partial charge in [-0.25, -0.2) is 4.39 Å². The monoisotopic (exact) mass is 490 g/mol. The number of carbonyl (C=O) groups excluding carboxylic acids is 1. The molecule has 0 aliphatic rings. The van der Waals surface area contributed by atoms with E-state index in [1.165, 1.54) is 21.9 Å². The predicted molar refractivity (Wildman–Crippen MR) is 117 cm³/mol. The van der Waals surface area contributed by atoms with Gasteiger partial charge in [-0.2, -0.15) is 0 Å². The summed E-state index contributed by atoms with van der Waals surface area (Å²) in [4.78, 5) is 18.7. The average Bonchev–Trinajstić information content (AvgIpc) is 2.96. The Hall–Kier alpha value is -1.68. The molecule has 0 radical (unpaired) electrons. The number of carbonyl (C=O) groups is 1. The second kappa shape index (κ2) is 11.1. The molecule has 1 aromatic carbocycles. The Bertz CT molecular complexity index is 750. The largest absolute Gasteiger partial charge is 0.354 e. The lowest BCUT2D eigenvalue weighted by molar-refractivity contribution is -0.115. The van der Waals surface area contributed by atoms with Crippen LogP contribution in [0.2, 0.25) is 0 Å². The van der Waals surface area contributed by atoms with Gasteiger partial charge in [0.05, 0.1) is 6.54 Å². The Morgan fingerprint density at radius 3 is 2.69 bits per heavy atom. The number of aryl methyl sites for hydroxylation is 1. The Balaban J connectivity index is 0.00000338. The van der Waals surface area contributed by atoms with Crippen molar-refractivity contribution in [1.29, 1.82) is 0 Å². The highest BCUT2D eigenvalue weighted by Gasteiger charge is 2.09. The zero-order valence-electron chi connectivity index (χ0n) is 15.0. The minimum absolute atomic E-state index is 0. The third-order valence-corrected chi connectivity index (χ3v) is 4.46. The molecule has 1 aromatic heterocycles. The lowest BCUT2D eigenvalue weighted by Gasteiger charge is -2.17. The first-order valence-electron chi connectivity index (χ1n) is 8.04. The topological polar surface area (TPSA) is 65.5 Å². The van der Waals surface area contributed by atoms with Gasteiger partial charge in [-0.3, -0.25) is 9.79 Å². The molecule has 1 heterocycles. The van der Waals surface area contributed by atoms with Gasteiger partial charge in [-0.05, 0) is 44.2 Å². The summed E-state index contributed by atoms with van der Waals surface area (Å²) in [6.45, 7) is 4.19. The van der Waals surface area contributed by atoms with E-state index >= 15 is 0 Å². The fourth-order valence-corrected chi connectivity index (χ4v) is 3.33. The molecule has 1 atom stereocenters. The number of guanidine groups is 1. The molecule has 5 nitrogen and oxygen atoms in total. The Kier molecular flexibility index (Phi) is 9.57. The predicted octanol–water partition coefficient (Wildman–Crippen LogP) is 3.55. The van der Waals surface area contributed by atoms with Crippen molar-refractivity contribution in [2.24, 2.45) is 4.99 Å². The number of thiophene rings is 1. The molecule has 0 saturated heterocycles. The number of halogens is 2. The number of nitrogens with zero attached hydrogens (tertiary/aromatic N) is 1. The van der Waals surface area contributed by atoms with Crippen LogP contribution in [0.15, 0.2) is 41.4 Å². The first kappa shape index (κ1) is 22.4. The summed E-state index contributed by atoms with van der Waals surface area (Å²) in [5.41, 5.74) is 0.427. The highest BCUT2D eigenvalue weighted by Crippen LogP contribution is 2.16. The molecule has 26 heavy (non-hydrogen) atoms. The van der Waals surface area contributed by atoms with Gasteiger partial charge in [-0.1, -0.05) is 6.07 Å². The minimum Gasteiger partial charge on any atom is -0.354 e. The molecule has 0 aliphatic carbocycles. The van der Waals surface area contributed by atoms with Gasteiger partial charge in [0.15, 0.2) is 5.96 Å². The van der Waals surface area contributed by atoms with Crippen molar-refractivity contribution >= 4 is 52.9 Å². The van der Waals surface area contributed by atoms with Crippen LogP contribution >= 0.6 is 35.3 Å². The number of amides is 1. The van der Waals surface area contributed by atoms with E-state index in [0.29, 0.717) is 11.6 Å². The maximum atomic E-state index is 13.1.